The maximum absolute atomic E-state index is 12.9. The SMILES string of the molecule is CC1(C)Cc2cccc(OCC(=O)Nc3cccc(S(=O)(=O)N4CCCCC4)c3)c2O1. The lowest BCUT2D eigenvalue weighted by molar-refractivity contribution is -0.118. The highest BCUT2D eigenvalue weighted by Gasteiger charge is 2.32. The van der Waals surface area contributed by atoms with Gasteiger partial charge in [0.25, 0.3) is 5.91 Å². The Morgan fingerprint density at radius 1 is 1.13 bits per heavy atom. The van der Waals surface area contributed by atoms with E-state index in [1.54, 1.807) is 24.3 Å². The Labute approximate surface area is 183 Å². The minimum atomic E-state index is -3.56. The van der Waals surface area contributed by atoms with Gasteiger partial charge in [0.15, 0.2) is 18.1 Å². The maximum atomic E-state index is 12.9. The van der Waals surface area contributed by atoms with Crippen molar-refractivity contribution in [2.75, 3.05) is 25.0 Å². The predicted octanol–water partition coefficient (Wildman–Crippen LogP) is 3.59. The molecule has 2 aromatic rings. The van der Waals surface area contributed by atoms with E-state index < -0.39 is 10.0 Å². The molecule has 2 aromatic carbocycles. The Hall–Kier alpha value is -2.58. The van der Waals surface area contributed by atoms with Crippen molar-refractivity contribution in [3.8, 4) is 11.5 Å². The molecule has 1 amide bonds. The number of para-hydroxylation sites is 1. The highest BCUT2D eigenvalue weighted by atomic mass is 32.2. The molecule has 2 heterocycles. The van der Waals surface area contributed by atoms with Gasteiger partial charge in [0.2, 0.25) is 10.0 Å². The molecular weight excluding hydrogens is 416 g/mol. The molecule has 0 radical (unpaired) electrons. The average Bonchev–Trinajstić information content (AvgIpc) is 3.07. The average molecular weight is 445 g/mol. The third-order valence-corrected chi connectivity index (χ3v) is 7.38. The lowest BCUT2D eigenvalue weighted by Crippen LogP contribution is -2.35. The van der Waals surface area contributed by atoms with Gasteiger partial charge >= 0.3 is 0 Å². The van der Waals surface area contributed by atoms with Gasteiger partial charge in [-0.3, -0.25) is 4.79 Å². The number of hydrogen-bond donors (Lipinski definition) is 1. The van der Waals surface area contributed by atoms with Crippen LogP contribution in [0.1, 0.15) is 38.7 Å². The van der Waals surface area contributed by atoms with Gasteiger partial charge in [0, 0.05) is 30.8 Å². The summed E-state index contributed by atoms with van der Waals surface area (Å²) >= 11 is 0. The molecule has 0 aliphatic carbocycles. The molecule has 1 saturated heterocycles. The van der Waals surface area contributed by atoms with Crippen LogP contribution in [0.5, 0.6) is 11.5 Å². The molecule has 0 atom stereocenters. The zero-order valence-electron chi connectivity index (χ0n) is 17.9. The number of amides is 1. The lowest BCUT2D eigenvalue weighted by atomic mass is 10.0. The number of hydrogen-bond acceptors (Lipinski definition) is 5. The van der Waals surface area contributed by atoms with E-state index in [4.69, 9.17) is 9.47 Å². The first-order chi connectivity index (χ1) is 14.7. The number of rotatable bonds is 6. The summed E-state index contributed by atoms with van der Waals surface area (Å²) in [5.74, 6) is 0.831. The zero-order valence-corrected chi connectivity index (χ0v) is 18.7. The van der Waals surface area contributed by atoms with Crippen LogP contribution in [0.25, 0.3) is 0 Å². The topological polar surface area (TPSA) is 84.9 Å². The second kappa shape index (κ2) is 8.51. The number of anilines is 1. The van der Waals surface area contributed by atoms with E-state index in [0.29, 0.717) is 30.3 Å². The summed E-state index contributed by atoms with van der Waals surface area (Å²) in [5, 5.41) is 2.72. The van der Waals surface area contributed by atoms with Crippen LogP contribution >= 0.6 is 0 Å². The Morgan fingerprint density at radius 2 is 1.87 bits per heavy atom. The number of carbonyl (C=O) groups excluding carboxylic acids is 1. The Kier molecular flexibility index (Phi) is 5.94. The van der Waals surface area contributed by atoms with E-state index in [2.05, 4.69) is 5.32 Å². The van der Waals surface area contributed by atoms with E-state index in [1.807, 2.05) is 26.0 Å². The van der Waals surface area contributed by atoms with Crippen LogP contribution in [-0.2, 0) is 21.2 Å². The summed E-state index contributed by atoms with van der Waals surface area (Å²) in [4.78, 5) is 12.6. The molecule has 0 aromatic heterocycles. The van der Waals surface area contributed by atoms with Gasteiger partial charge in [-0.15, -0.1) is 0 Å². The van der Waals surface area contributed by atoms with Crippen LogP contribution in [0.3, 0.4) is 0 Å². The number of ether oxygens (including phenoxy) is 2. The standard InChI is InChI=1S/C23H28N2O5S/c1-23(2)15-17-8-6-11-20(22(17)30-23)29-16-21(26)24-18-9-7-10-19(14-18)31(27,28)25-12-4-3-5-13-25/h6-11,14H,3-5,12-13,15-16H2,1-2H3,(H,24,26). The van der Waals surface area contributed by atoms with Crippen LogP contribution in [0.15, 0.2) is 47.4 Å². The van der Waals surface area contributed by atoms with E-state index in [-0.39, 0.29) is 23.0 Å². The predicted molar refractivity (Wildman–Crippen MR) is 118 cm³/mol. The Balaban J connectivity index is 1.40. The van der Waals surface area contributed by atoms with Crippen LogP contribution in [0.4, 0.5) is 5.69 Å². The molecule has 31 heavy (non-hydrogen) atoms. The van der Waals surface area contributed by atoms with Crippen molar-refractivity contribution in [3.05, 3.63) is 48.0 Å². The van der Waals surface area contributed by atoms with Crippen molar-refractivity contribution < 1.29 is 22.7 Å². The summed E-state index contributed by atoms with van der Waals surface area (Å²) in [7, 11) is -3.56. The van der Waals surface area contributed by atoms with Gasteiger partial charge in [-0.2, -0.15) is 4.31 Å². The van der Waals surface area contributed by atoms with Gasteiger partial charge in [-0.1, -0.05) is 24.6 Å². The third kappa shape index (κ3) is 4.85. The number of benzene rings is 2. The first kappa shape index (κ1) is 21.6. The van der Waals surface area contributed by atoms with Crippen molar-refractivity contribution in [3.63, 3.8) is 0 Å². The number of nitrogens with one attached hydrogen (secondary N) is 1. The third-order valence-electron chi connectivity index (χ3n) is 5.48. The summed E-state index contributed by atoms with van der Waals surface area (Å²) in [5.41, 5.74) is 1.17. The molecule has 1 N–H and O–H groups in total. The number of sulfonamides is 1. The van der Waals surface area contributed by atoms with E-state index in [9.17, 15) is 13.2 Å². The van der Waals surface area contributed by atoms with Crippen LogP contribution in [0.2, 0.25) is 0 Å². The van der Waals surface area contributed by atoms with E-state index >= 15 is 0 Å². The number of carbonyl (C=O) groups is 1. The highest BCUT2D eigenvalue weighted by molar-refractivity contribution is 7.89. The fourth-order valence-corrected chi connectivity index (χ4v) is 5.59. The van der Waals surface area contributed by atoms with Gasteiger partial charge in [-0.25, -0.2) is 8.42 Å². The van der Waals surface area contributed by atoms with Gasteiger partial charge in [0.05, 0.1) is 4.90 Å². The summed E-state index contributed by atoms with van der Waals surface area (Å²) < 4.78 is 38.9. The molecule has 166 valence electrons. The normalized spacial score (nSPS) is 18.1. The molecular formula is C23H28N2O5S. The van der Waals surface area contributed by atoms with Crippen molar-refractivity contribution in [1.29, 1.82) is 0 Å². The molecule has 0 unspecified atom stereocenters. The minimum Gasteiger partial charge on any atom is -0.483 e. The molecule has 7 nitrogen and oxygen atoms in total. The zero-order chi connectivity index (χ0) is 22.1. The van der Waals surface area contributed by atoms with Crippen molar-refractivity contribution in [2.45, 2.75) is 50.0 Å². The van der Waals surface area contributed by atoms with Crippen LogP contribution in [-0.4, -0.2) is 43.9 Å². The number of nitrogens with zero attached hydrogens (tertiary/aromatic N) is 1. The molecule has 0 saturated carbocycles. The number of piperidine rings is 1. The minimum absolute atomic E-state index is 0.185. The summed E-state index contributed by atoms with van der Waals surface area (Å²) in [6.07, 6.45) is 3.58. The van der Waals surface area contributed by atoms with E-state index in [1.165, 1.54) is 10.4 Å². The molecule has 4 rings (SSSR count). The largest absolute Gasteiger partial charge is 0.483 e. The molecule has 2 aliphatic heterocycles. The molecule has 2 aliphatic rings. The van der Waals surface area contributed by atoms with E-state index in [0.717, 1.165) is 31.2 Å². The molecule has 1 fully saturated rings. The smallest absolute Gasteiger partial charge is 0.262 e. The van der Waals surface area contributed by atoms with Crippen LogP contribution < -0.4 is 14.8 Å². The van der Waals surface area contributed by atoms with Crippen molar-refractivity contribution >= 4 is 21.6 Å². The quantitative estimate of drug-likeness (QED) is 0.736. The Bertz CT molecular complexity index is 1080. The first-order valence-corrected chi connectivity index (χ1v) is 12.0. The second-order valence-electron chi connectivity index (χ2n) is 8.61. The van der Waals surface area contributed by atoms with Crippen LogP contribution in [0, 0.1) is 0 Å². The summed E-state index contributed by atoms with van der Waals surface area (Å²) in [6.45, 7) is 4.88. The van der Waals surface area contributed by atoms with Gasteiger partial charge in [-0.05, 0) is 51.0 Å². The monoisotopic (exact) mass is 444 g/mol. The maximum Gasteiger partial charge on any atom is 0.262 e. The van der Waals surface area contributed by atoms with Crippen molar-refractivity contribution in [2.24, 2.45) is 0 Å². The lowest BCUT2D eigenvalue weighted by Gasteiger charge is -2.26. The van der Waals surface area contributed by atoms with Gasteiger partial charge < -0.3 is 14.8 Å². The summed E-state index contributed by atoms with van der Waals surface area (Å²) in [6, 6.07) is 12.0. The first-order valence-electron chi connectivity index (χ1n) is 10.6. The Morgan fingerprint density at radius 3 is 2.65 bits per heavy atom. The molecule has 0 bridgehead atoms. The fraction of sp³-hybridized carbons (Fsp3) is 0.435. The second-order valence-corrected chi connectivity index (χ2v) is 10.6. The van der Waals surface area contributed by atoms with Crippen molar-refractivity contribution in [1.82, 2.24) is 4.31 Å². The highest BCUT2D eigenvalue weighted by Crippen LogP contribution is 2.41. The fourth-order valence-electron chi connectivity index (χ4n) is 4.03. The molecule has 0 spiro atoms. The number of fused-ring (bicyclic) bond motifs is 1. The molecule has 8 heteroatoms. The van der Waals surface area contributed by atoms with Gasteiger partial charge in [0.1, 0.15) is 5.60 Å².